The van der Waals surface area contributed by atoms with Crippen molar-refractivity contribution in [1.29, 1.82) is 0 Å². The highest BCUT2D eigenvalue weighted by atomic mass is 32.1. The second-order valence-corrected chi connectivity index (χ2v) is 9.31. The molecule has 1 N–H and O–H groups in total. The molecule has 0 saturated heterocycles. The Bertz CT molecular complexity index is 883. The highest BCUT2D eigenvalue weighted by molar-refractivity contribution is 7.17. The minimum atomic E-state index is -0.503. The molecular weight excluding hydrogens is 401 g/mol. The molecule has 162 valence electrons. The van der Waals surface area contributed by atoms with Crippen molar-refractivity contribution in [3.8, 4) is 11.1 Å². The van der Waals surface area contributed by atoms with Gasteiger partial charge in [0.1, 0.15) is 16.4 Å². The molecule has 30 heavy (non-hydrogen) atoms. The summed E-state index contributed by atoms with van der Waals surface area (Å²) in [5.74, 6) is -0.161. The Kier molecular flexibility index (Phi) is 7.64. The number of ether oxygens (including phenoxy) is 1. The number of benzene rings is 1. The van der Waals surface area contributed by atoms with Gasteiger partial charge >= 0.3 is 5.97 Å². The zero-order valence-electron chi connectivity index (χ0n) is 17.9. The summed E-state index contributed by atoms with van der Waals surface area (Å²) in [5.41, 5.74) is 1.75. The van der Waals surface area contributed by atoms with E-state index in [2.05, 4.69) is 12.2 Å². The molecule has 0 bridgehead atoms. The average molecular weight is 432 g/mol. The number of amides is 1. The molecule has 0 atom stereocenters. The van der Waals surface area contributed by atoms with Crippen LogP contribution in [0.25, 0.3) is 11.1 Å². The van der Waals surface area contributed by atoms with Crippen LogP contribution in [0.15, 0.2) is 24.3 Å². The number of nitrogens with one attached hydrogen (secondary N) is 1. The van der Waals surface area contributed by atoms with Crippen LogP contribution in [0.5, 0.6) is 0 Å². The van der Waals surface area contributed by atoms with Crippen molar-refractivity contribution in [1.82, 2.24) is 0 Å². The van der Waals surface area contributed by atoms with E-state index >= 15 is 0 Å². The number of halogens is 1. The van der Waals surface area contributed by atoms with Crippen molar-refractivity contribution in [3.05, 3.63) is 40.5 Å². The smallest absolute Gasteiger partial charge is 0.341 e. The lowest BCUT2D eigenvalue weighted by molar-refractivity contribution is -0.121. The first-order chi connectivity index (χ1) is 14.4. The maximum atomic E-state index is 13.4. The quantitative estimate of drug-likeness (QED) is 0.504. The summed E-state index contributed by atoms with van der Waals surface area (Å²) in [4.78, 5) is 26.4. The van der Waals surface area contributed by atoms with E-state index in [1.54, 1.807) is 12.1 Å². The van der Waals surface area contributed by atoms with Gasteiger partial charge in [-0.25, -0.2) is 9.18 Å². The number of hydrogen-bond donors (Lipinski definition) is 1. The summed E-state index contributed by atoms with van der Waals surface area (Å²) in [6.45, 7) is 4.10. The van der Waals surface area contributed by atoms with Crippen molar-refractivity contribution in [2.24, 2.45) is 11.8 Å². The number of anilines is 1. The Morgan fingerprint density at radius 3 is 2.43 bits per heavy atom. The normalized spacial score (nSPS) is 18.8. The fourth-order valence-corrected chi connectivity index (χ4v) is 5.38. The first-order valence-electron chi connectivity index (χ1n) is 10.7. The number of unbranched alkanes of at least 4 members (excludes halogenated alkanes) is 1. The van der Waals surface area contributed by atoms with Crippen LogP contribution in [0.4, 0.5) is 9.39 Å². The molecule has 1 aromatic heterocycles. The van der Waals surface area contributed by atoms with E-state index < -0.39 is 5.97 Å². The molecule has 6 heteroatoms. The van der Waals surface area contributed by atoms with Gasteiger partial charge in [-0.2, -0.15) is 0 Å². The van der Waals surface area contributed by atoms with Crippen LogP contribution >= 0.6 is 11.3 Å². The first-order valence-corrected chi connectivity index (χ1v) is 11.5. The van der Waals surface area contributed by atoms with Crippen LogP contribution in [-0.2, 0) is 9.53 Å². The monoisotopic (exact) mass is 431 g/mol. The van der Waals surface area contributed by atoms with Gasteiger partial charge in [-0.1, -0.05) is 38.3 Å². The van der Waals surface area contributed by atoms with Gasteiger partial charge in [-0.05, 0) is 56.2 Å². The molecule has 1 heterocycles. The number of thiophene rings is 1. The molecule has 1 aliphatic carbocycles. The summed E-state index contributed by atoms with van der Waals surface area (Å²) in [5, 5.41) is 3.51. The molecule has 1 amide bonds. The molecular formula is C24H30FNO3S. The van der Waals surface area contributed by atoms with E-state index in [0.717, 1.165) is 42.0 Å². The Hall–Kier alpha value is -2.21. The molecule has 0 radical (unpaired) electrons. The number of methoxy groups -OCH3 is 1. The Morgan fingerprint density at radius 2 is 1.83 bits per heavy atom. The van der Waals surface area contributed by atoms with Crippen LogP contribution in [0.2, 0.25) is 0 Å². The van der Waals surface area contributed by atoms with Gasteiger partial charge in [0.05, 0.1) is 7.11 Å². The van der Waals surface area contributed by atoms with Crippen LogP contribution in [-0.4, -0.2) is 19.0 Å². The van der Waals surface area contributed by atoms with Crippen LogP contribution in [0.3, 0.4) is 0 Å². The maximum Gasteiger partial charge on any atom is 0.341 e. The molecule has 1 aliphatic rings. The number of rotatable bonds is 7. The number of carbonyl (C=O) groups is 2. The average Bonchev–Trinajstić information content (AvgIpc) is 3.08. The second-order valence-electron chi connectivity index (χ2n) is 8.08. The van der Waals surface area contributed by atoms with E-state index in [1.165, 1.54) is 49.8 Å². The number of esters is 1. The van der Waals surface area contributed by atoms with E-state index in [0.29, 0.717) is 16.1 Å². The highest BCUT2D eigenvalue weighted by Crippen LogP contribution is 2.41. The minimum absolute atomic E-state index is 0.0231. The molecule has 3 rings (SSSR count). The van der Waals surface area contributed by atoms with Crippen LogP contribution in [0, 0.1) is 24.6 Å². The van der Waals surface area contributed by atoms with E-state index in [4.69, 9.17) is 4.74 Å². The van der Waals surface area contributed by atoms with Gasteiger partial charge in [0.25, 0.3) is 0 Å². The summed E-state index contributed by atoms with van der Waals surface area (Å²) >= 11 is 1.36. The second kappa shape index (κ2) is 10.2. The molecule has 0 spiro atoms. The van der Waals surface area contributed by atoms with E-state index in [-0.39, 0.29) is 17.6 Å². The van der Waals surface area contributed by atoms with Crippen molar-refractivity contribution in [2.45, 2.75) is 58.8 Å². The SMILES string of the molecule is CCCCC1CCC(C(=O)Nc2sc(C)c(-c3ccc(F)cc3)c2C(=O)OC)CC1. The fraction of sp³-hybridized carbons (Fsp3) is 0.500. The zero-order chi connectivity index (χ0) is 21.7. The fourth-order valence-electron chi connectivity index (χ4n) is 4.31. The molecule has 0 aliphatic heterocycles. The Labute approximate surface area is 181 Å². The minimum Gasteiger partial charge on any atom is -0.465 e. The van der Waals surface area contributed by atoms with Gasteiger partial charge in [0.2, 0.25) is 5.91 Å². The highest BCUT2D eigenvalue weighted by Gasteiger charge is 2.29. The zero-order valence-corrected chi connectivity index (χ0v) is 18.7. The molecule has 4 nitrogen and oxygen atoms in total. The Balaban J connectivity index is 1.79. The third-order valence-electron chi connectivity index (χ3n) is 6.03. The predicted molar refractivity (Wildman–Crippen MR) is 119 cm³/mol. The molecule has 1 aromatic carbocycles. The predicted octanol–water partition coefficient (Wildman–Crippen LogP) is 6.58. The largest absolute Gasteiger partial charge is 0.465 e. The van der Waals surface area contributed by atoms with Crippen molar-refractivity contribution in [3.63, 3.8) is 0 Å². The van der Waals surface area contributed by atoms with Crippen molar-refractivity contribution < 1.29 is 18.7 Å². The van der Waals surface area contributed by atoms with Gasteiger partial charge in [-0.3, -0.25) is 4.79 Å². The topological polar surface area (TPSA) is 55.4 Å². The Morgan fingerprint density at radius 1 is 1.17 bits per heavy atom. The third-order valence-corrected chi connectivity index (χ3v) is 7.05. The third kappa shape index (κ3) is 5.09. The van der Waals surface area contributed by atoms with Gasteiger partial charge in [-0.15, -0.1) is 11.3 Å². The molecule has 1 fully saturated rings. The summed E-state index contributed by atoms with van der Waals surface area (Å²) in [7, 11) is 1.33. The van der Waals surface area contributed by atoms with Crippen LogP contribution in [0.1, 0.15) is 67.1 Å². The lowest BCUT2D eigenvalue weighted by Gasteiger charge is -2.27. The molecule has 2 aromatic rings. The molecule has 1 saturated carbocycles. The lowest BCUT2D eigenvalue weighted by atomic mass is 9.79. The van der Waals surface area contributed by atoms with Crippen molar-refractivity contribution in [2.75, 3.05) is 12.4 Å². The van der Waals surface area contributed by atoms with E-state index in [1.807, 2.05) is 6.92 Å². The first kappa shape index (κ1) is 22.5. The number of carbonyl (C=O) groups excluding carboxylic acids is 2. The summed E-state index contributed by atoms with van der Waals surface area (Å²) < 4.78 is 18.4. The maximum absolute atomic E-state index is 13.4. The summed E-state index contributed by atoms with van der Waals surface area (Å²) in [6.07, 6.45) is 7.68. The number of hydrogen-bond acceptors (Lipinski definition) is 4. The van der Waals surface area contributed by atoms with Gasteiger partial charge in [0, 0.05) is 16.4 Å². The molecule has 0 unspecified atom stereocenters. The van der Waals surface area contributed by atoms with Crippen molar-refractivity contribution >= 4 is 28.2 Å². The van der Waals surface area contributed by atoms with Gasteiger partial charge < -0.3 is 10.1 Å². The standard InChI is InChI=1S/C24H30FNO3S/c1-4-5-6-16-7-9-18(10-8-16)22(27)26-23-21(24(28)29-3)20(15(2)30-23)17-11-13-19(25)14-12-17/h11-14,16,18H,4-10H2,1-3H3,(H,26,27). The van der Waals surface area contributed by atoms with Gasteiger partial charge in [0.15, 0.2) is 0 Å². The van der Waals surface area contributed by atoms with E-state index in [9.17, 15) is 14.0 Å². The van der Waals surface area contributed by atoms with Crippen LogP contribution < -0.4 is 5.32 Å². The number of aryl methyl sites for hydroxylation is 1. The lowest BCUT2D eigenvalue weighted by Crippen LogP contribution is -2.27. The summed E-state index contributed by atoms with van der Waals surface area (Å²) in [6, 6.07) is 6.01.